The zero-order valence-electron chi connectivity index (χ0n) is 13.8. The average Bonchev–Trinajstić information content (AvgIpc) is 2.58. The van der Waals surface area contributed by atoms with Crippen molar-refractivity contribution in [3.8, 4) is 28.5 Å². The summed E-state index contributed by atoms with van der Waals surface area (Å²) in [5, 5.41) is 9.53. The largest absolute Gasteiger partial charge is 0.383 e. The van der Waals surface area contributed by atoms with Crippen LogP contribution in [0.2, 0.25) is 0 Å². The Balaban J connectivity index is 2.34. The molecule has 0 saturated carbocycles. The number of nitrogen functional groups attached to an aromatic ring is 1. The van der Waals surface area contributed by atoms with Crippen LogP contribution in [-0.2, 0) is 0 Å². The fourth-order valence-electron chi connectivity index (χ4n) is 2.83. The van der Waals surface area contributed by atoms with Gasteiger partial charge in [0.05, 0.1) is 5.69 Å². The summed E-state index contributed by atoms with van der Waals surface area (Å²) >= 11 is 3.25. The highest BCUT2D eigenvalue weighted by Gasteiger charge is 2.20. The van der Waals surface area contributed by atoms with Gasteiger partial charge in [-0.3, -0.25) is 0 Å². The summed E-state index contributed by atoms with van der Waals surface area (Å²) in [4.78, 5) is 4.40. The predicted molar refractivity (Wildman–Crippen MR) is 101 cm³/mol. The van der Waals surface area contributed by atoms with Gasteiger partial charge in [-0.25, -0.2) is 9.37 Å². The van der Waals surface area contributed by atoms with Gasteiger partial charge in [0.15, 0.2) is 0 Å². The summed E-state index contributed by atoms with van der Waals surface area (Å²) in [6.45, 7) is 3.83. The highest BCUT2D eigenvalue weighted by Crippen LogP contribution is 2.37. The van der Waals surface area contributed by atoms with Crippen LogP contribution in [0.15, 0.2) is 46.9 Å². The lowest BCUT2D eigenvalue weighted by molar-refractivity contribution is 0.630. The van der Waals surface area contributed by atoms with Crippen LogP contribution in [0.1, 0.15) is 16.7 Å². The lowest BCUT2D eigenvalue weighted by atomic mass is 9.92. The standard InChI is InChI=1S/C20H15BrFN3/c1-11-3-5-13(6-4-11)19-12(2)18(16(10-23)20(24)25-19)15-8-7-14(21)9-17(15)22/h3-9H,1-2H3,(H2,24,25). The summed E-state index contributed by atoms with van der Waals surface area (Å²) in [5.74, 6) is -0.324. The molecule has 0 unspecified atom stereocenters. The van der Waals surface area contributed by atoms with Crippen LogP contribution in [0.4, 0.5) is 10.2 Å². The van der Waals surface area contributed by atoms with Crippen molar-refractivity contribution in [2.24, 2.45) is 0 Å². The molecule has 2 aromatic carbocycles. The molecule has 0 aliphatic carbocycles. The Morgan fingerprint density at radius 3 is 2.40 bits per heavy atom. The minimum absolute atomic E-state index is 0.0981. The van der Waals surface area contributed by atoms with Gasteiger partial charge in [-0.2, -0.15) is 5.26 Å². The van der Waals surface area contributed by atoms with Crippen LogP contribution >= 0.6 is 15.9 Å². The number of hydrogen-bond acceptors (Lipinski definition) is 3. The van der Waals surface area contributed by atoms with Gasteiger partial charge in [0, 0.05) is 21.2 Å². The minimum Gasteiger partial charge on any atom is -0.383 e. The molecule has 0 bridgehead atoms. The molecule has 3 nitrogen and oxygen atoms in total. The Morgan fingerprint density at radius 2 is 1.80 bits per heavy atom. The number of nitriles is 1. The molecule has 25 heavy (non-hydrogen) atoms. The number of rotatable bonds is 2. The fraction of sp³-hybridized carbons (Fsp3) is 0.100. The molecule has 1 heterocycles. The van der Waals surface area contributed by atoms with E-state index in [9.17, 15) is 9.65 Å². The Labute approximate surface area is 154 Å². The van der Waals surface area contributed by atoms with Crippen LogP contribution in [0.3, 0.4) is 0 Å². The molecule has 124 valence electrons. The van der Waals surface area contributed by atoms with E-state index in [0.29, 0.717) is 21.3 Å². The lowest BCUT2D eigenvalue weighted by Crippen LogP contribution is -2.04. The molecule has 0 aliphatic heterocycles. The van der Waals surface area contributed by atoms with E-state index in [1.807, 2.05) is 38.1 Å². The monoisotopic (exact) mass is 395 g/mol. The molecule has 3 rings (SSSR count). The van der Waals surface area contributed by atoms with Gasteiger partial charge in [-0.05, 0) is 31.5 Å². The smallest absolute Gasteiger partial charge is 0.142 e. The summed E-state index contributed by atoms with van der Waals surface area (Å²) in [5.41, 5.74) is 10.4. The van der Waals surface area contributed by atoms with E-state index in [1.165, 1.54) is 6.07 Å². The van der Waals surface area contributed by atoms with Gasteiger partial charge >= 0.3 is 0 Å². The molecular formula is C20H15BrFN3. The van der Waals surface area contributed by atoms with E-state index in [2.05, 4.69) is 27.0 Å². The first kappa shape index (κ1) is 17.1. The van der Waals surface area contributed by atoms with E-state index in [0.717, 1.165) is 16.7 Å². The molecule has 3 aromatic rings. The second kappa shape index (κ2) is 6.66. The molecule has 0 amide bonds. The maximum absolute atomic E-state index is 14.6. The van der Waals surface area contributed by atoms with Crippen LogP contribution in [-0.4, -0.2) is 4.98 Å². The maximum Gasteiger partial charge on any atom is 0.142 e. The van der Waals surface area contributed by atoms with E-state index in [4.69, 9.17) is 5.73 Å². The summed E-state index contributed by atoms with van der Waals surface area (Å²) < 4.78 is 15.2. The Morgan fingerprint density at radius 1 is 1.12 bits per heavy atom. The average molecular weight is 396 g/mol. The molecule has 5 heteroatoms. The van der Waals surface area contributed by atoms with Gasteiger partial charge < -0.3 is 5.73 Å². The SMILES string of the molecule is Cc1ccc(-c2nc(N)c(C#N)c(-c3ccc(Br)cc3F)c2C)cc1. The number of halogens is 2. The Kier molecular flexibility index (Phi) is 4.56. The van der Waals surface area contributed by atoms with Gasteiger partial charge in [0.25, 0.3) is 0 Å². The third-order valence-corrected chi connectivity index (χ3v) is 4.60. The highest BCUT2D eigenvalue weighted by atomic mass is 79.9. The molecule has 0 spiro atoms. The number of nitrogens with two attached hydrogens (primary N) is 1. The molecule has 0 fully saturated rings. The van der Waals surface area contributed by atoms with E-state index >= 15 is 0 Å². The molecule has 0 radical (unpaired) electrons. The van der Waals surface area contributed by atoms with Crippen molar-refractivity contribution >= 4 is 21.7 Å². The number of pyridine rings is 1. The van der Waals surface area contributed by atoms with Crippen molar-refractivity contribution in [1.82, 2.24) is 4.98 Å². The Hall–Kier alpha value is -2.71. The highest BCUT2D eigenvalue weighted by molar-refractivity contribution is 9.10. The van der Waals surface area contributed by atoms with Crippen LogP contribution < -0.4 is 5.73 Å². The topological polar surface area (TPSA) is 62.7 Å². The van der Waals surface area contributed by atoms with Crippen molar-refractivity contribution in [2.45, 2.75) is 13.8 Å². The van der Waals surface area contributed by atoms with Gasteiger partial charge in [0.1, 0.15) is 23.3 Å². The van der Waals surface area contributed by atoms with E-state index < -0.39 is 5.82 Å². The number of aryl methyl sites for hydroxylation is 1. The summed E-state index contributed by atoms with van der Waals surface area (Å²) in [7, 11) is 0. The fourth-order valence-corrected chi connectivity index (χ4v) is 3.16. The first-order valence-electron chi connectivity index (χ1n) is 7.65. The van der Waals surface area contributed by atoms with Crippen molar-refractivity contribution in [2.75, 3.05) is 5.73 Å². The third-order valence-electron chi connectivity index (χ3n) is 4.11. The number of nitrogens with zero attached hydrogens (tertiary/aromatic N) is 2. The maximum atomic E-state index is 14.6. The van der Waals surface area contributed by atoms with Crippen LogP contribution in [0.25, 0.3) is 22.4 Å². The zero-order valence-corrected chi connectivity index (χ0v) is 15.4. The quantitative estimate of drug-likeness (QED) is 0.632. The lowest BCUT2D eigenvalue weighted by Gasteiger charge is -2.16. The second-order valence-electron chi connectivity index (χ2n) is 5.82. The molecule has 2 N–H and O–H groups in total. The van der Waals surface area contributed by atoms with Crippen LogP contribution in [0, 0.1) is 31.0 Å². The number of benzene rings is 2. The number of hydrogen-bond donors (Lipinski definition) is 1. The Bertz CT molecular complexity index is 1000. The zero-order chi connectivity index (χ0) is 18.1. The first-order valence-corrected chi connectivity index (χ1v) is 8.44. The van der Waals surface area contributed by atoms with Crippen molar-refractivity contribution in [3.63, 3.8) is 0 Å². The molecule has 0 saturated heterocycles. The third kappa shape index (κ3) is 3.13. The summed E-state index contributed by atoms with van der Waals surface area (Å²) in [6, 6.07) is 14.7. The van der Waals surface area contributed by atoms with E-state index in [1.54, 1.807) is 12.1 Å². The van der Waals surface area contributed by atoms with Crippen molar-refractivity contribution < 1.29 is 4.39 Å². The van der Waals surface area contributed by atoms with E-state index in [-0.39, 0.29) is 11.4 Å². The van der Waals surface area contributed by atoms with Gasteiger partial charge in [-0.15, -0.1) is 0 Å². The molecule has 1 aromatic heterocycles. The molecular weight excluding hydrogens is 381 g/mol. The van der Waals surface area contributed by atoms with Gasteiger partial charge in [-0.1, -0.05) is 51.8 Å². The molecule has 0 atom stereocenters. The second-order valence-corrected chi connectivity index (χ2v) is 6.74. The van der Waals surface area contributed by atoms with Gasteiger partial charge in [0.2, 0.25) is 0 Å². The summed E-state index contributed by atoms with van der Waals surface area (Å²) in [6.07, 6.45) is 0. The predicted octanol–water partition coefficient (Wildman–Crippen LogP) is 5.39. The van der Waals surface area contributed by atoms with Crippen LogP contribution in [0.5, 0.6) is 0 Å². The minimum atomic E-state index is -0.422. The number of aromatic nitrogens is 1. The molecule has 0 aliphatic rings. The van der Waals surface area contributed by atoms with Crippen molar-refractivity contribution in [1.29, 1.82) is 5.26 Å². The normalized spacial score (nSPS) is 10.5. The number of anilines is 1. The van der Waals surface area contributed by atoms with Crippen molar-refractivity contribution in [3.05, 3.63) is 69.4 Å². The first-order chi connectivity index (χ1) is 11.9.